The number of anilines is 1. The van der Waals surface area contributed by atoms with Crippen LogP contribution in [0.4, 0.5) is 25.8 Å². The number of azo groups is 2. The Morgan fingerprint density at radius 2 is 1.44 bits per heavy atom. The summed E-state index contributed by atoms with van der Waals surface area (Å²) >= 11 is 2.94. The predicted molar refractivity (Wildman–Crippen MR) is 193 cm³/mol. The molecule has 0 radical (unpaired) electrons. The summed E-state index contributed by atoms with van der Waals surface area (Å²) in [6, 6.07) is 10.3. The van der Waals surface area contributed by atoms with E-state index in [0.717, 1.165) is 46.6 Å². The number of aryl methyl sites for hydroxylation is 3. The second-order valence-electron chi connectivity index (χ2n) is 12.2. The van der Waals surface area contributed by atoms with E-state index in [2.05, 4.69) is 85.1 Å². The average molecular weight is 648 g/mol. The smallest absolute Gasteiger partial charge is 0.187 e. The molecule has 3 rings (SSSR count). The Kier molecular flexibility index (Phi) is 15.8. The summed E-state index contributed by atoms with van der Waals surface area (Å²) in [5, 5.41) is 30.8. The lowest BCUT2D eigenvalue weighted by Gasteiger charge is -2.30. The fourth-order valence-corrected chi connectivity index (χ4v) is 7.09. The maximum Gasteiger partial charge on any atom is 0.187 e. The highest BCUT2D eigenvalue weighted by Crippen LogP contribution is 2.40. The predicted octanol–water partition coefficient (Wildman–Crippen LogP) is 13.1. The molecule has 45 heavy (non-hydrogen) atoms. The molecule has 9 heteroatoms. The molecule has 0 N–H and O–H groups in total. The van der Waals surface area contributed by atoms with Gasteiger partial charge in [0.25, 0.3) is 0 Å². The molecule has 0 aliphatic heterocycles. The van der Waals surface area contributed by atoms with Crippen LogP contribution in [0.1, 0.15) is 121 Å². The van der Waals surface area contributed by atoms with Crippen LogP contribution in [0.5, 0.6) is 0 Å². The van der Waals surface area contributed by atoms with Crippen molar-refractivity contribution in [2.75, 3.05) is 18.0 Å². The Hall–Kier alpha value is -2.96. The second-order valence-corrected chi connectivity index (χ2v) is 14.1. The Morgan fingerprint density at radius 1 is 0.800 bits per heavy atom. The van der Waals surface area contributed by atoms with Crippen molar-refractivity contribution >= 4 is 48.5 Å². The van der Waals surface area contributed by atoms with E-state index in [1.54, 1.807) is 17.4 Å². The average Bonchev–Trinajstić information content (AvgIpc) is 3.63. The highest BCUT2D eigenvalue weighted by molar-refractivity contribution is 7.20. The first-order chi connectivity index (χ1) is 21.8. The molecule has 2 heterocycles. The van der Waals surface area contributed by atoms with Gasteiger partial charge < -0.3 is 4.90 Å². The van der Waals surface area contributed by atoms with E-state index >= 15 is 0 Å². The molecule has 0 amide bonds. The first-order valence-electron chi connectivity index (χ1n) is 17.0. The van der Waals surface area contributed by atoms with Gasteiger partial charge in [-0.15, -0.1) is 20.5 Å². The quantitative estimate of drug-likeness (QED) is 0.114. The summed E-state index contributed by atoms with van der Waals surface area (Å²) in [6.45, 7) is 17.5. The van der Waals surface area contributed by atoms with Crippen molar-refractivity contribution in [3.63, 3.8) is 0 Å². The Morgan fingerprint density at radius 3 is 2.02 bits per heavy atom. The van der Waals surface area contributed by atoms with E-state index in [1.165, 1.54) is 81.1 Å². The Labute approximate surface area is 279 Å². The van der Waals surface area contributed by atoms with Gasteiger partial charge in [0.15, 0.2) is 15.1 Å². The molecule has 0 bridgehead atoms. The molecule has 0 aliphatic rings. The SMILES string of the molecule is CCCCc1ccc(N=Nc2cc(C#N)c(N=Nc3sc(N(CC(CC)CCCC)CC(CC)CCCC)nc3C)s2)c(C)c1. The lowest BCUT2D eigenvalue weighted by atomic mass is 9.96. The topological polar surface area (TPSA) is 89.4 Å². The van der Waals surface area contributed by atoms with Crippen LogP contribution in [0.3, 0.4) is 0 Å². The van der Waals surface area contributed by atoms with Crippen LogP contribution in [0, 0.1) is 37.0 Å². The number of thiazole rings is 1. The number of aromatic nitrogens is 1. The number of unbranched alkanes of at least 4 members (excludes halogenated alkanes) is 3. The van der Waals surface area contributed by atoms with Gasteiger partial charge in [-0.05, 0) is 74.6 Å². The Balaban J connectivity index is 1.81. The number of thiophene rings is 1. The van der Waals surface area contributed by atoms with E-state index in [9.17, 15) is 5.26 Å². The normalized spacial score (nSPS) is 13.1. The van der Waals surface area contributed by atoms with Crippen molar-refractivity contribution in [1.29, 1.82) is 5.26 Å². The van der Waals surface area contributed by atoms with E-state index in [-0.39, 0.29) is 0 Å². The molecular weight excluding hydrogens is 595 g/mol. The molecule has 1 aromatic carbocycles. The number of hydrogen-bond acceptors (Lipinski definition) is 9. The third kappa shape index (κ3) is 11.4. The van der Waals surface area contributed by atoms with Gasteiger partial charge in [-0.25, -0.2) is 4.98 Å². The van der Waals surface area contributed by atoms with Crippen LogP contribution in [0.25, 0.3) is 0 Å². The lowest BCUT2D eigenvalue weighted by molar-refractivity contribution is 0.403. The largest absolute Gasteiger partial charge is 0.347 e. The third-order valence-electron chi connectivity index (χ3n) is 8.46. The van der Waals surface area contributed by atoms with Gasteiger partial charge in [-0.3, -0.25) is 0 Å². The van der Waals surface area contributed by atoms with Crippen LogP contribution in [0.15, 0.2) is 44.7 Å². The highest BCUT2D eigenvalue weighted by atomic mass is 32.1. The van der Waals surface area contributed by atoms with Gasteiger partial charge in [0.05, 0.1) is 16.9 Å². The van der Waals surface area contributed by atoms with Gasteiger partial charge in [-0.1, -0.05) is 114 Å². The fourth-order valence-electron chi connectivity index (χ4n) is 5.42. The highest BCUT2D eigenvalue weighted by Gasteiger charge is 2.21. The standard InChI is InChI=1S/C36H53N7S2/c1-8-13-16-28(11-4)24-43(25-29(12-5)17-14-9-2)36-38-27(7)34(45-36)41-42-35-31(23-37)22-33(44-35)40-39-32-20-19-30(18-15-10-3)21-26(32)6/h19-22,28-29H,8-18,24-25H2,1-7H3. The summed E-state index contributed by atoms with van der Waals surface area (Å²) in [6.07, 6.45) is 13.3. The zero-order chi connectivity index (χ0) is 32.6. The van der Waals surface area contributed by atoms with Crippen molar-refractivity contribution in [1.82, 2.24) is 4.98 Å². The summed E-state index contributed by atoms with van der Waals surface area (Å²) in [7, 11) is 0. The molecule has 2 atom stereocenters. The van der Waals surface area contributed by atoms with E-state index in [0.29, 0.717) is 27.4 Å². The van der Waals surface area contributed by atoms with Crippen molar-refractivity contribution in [3.8, 4) is 6.07 Å². The molecule has 3 aromatic rings. The minimum Gasteiger partial charge on any atom is -0.347 e. The lowest BCUT2D eigenvalue weighted by Crippen LogP contribution is -2.34. The van der Waals surface area contributed by atoms with Gasteiger partial charge >= 0.3 is 0 Å². The number of rotatable bonds is 20. The third-order valence-corrected chi connectivity index (χ3v) is 10.5. The zero-order valence-electron chi connectivity index (χ0n) is 28.6. The van der Waals surface area contributed by atoms with Crippen LogP contribution >= 0.6 is 22.7 Å². The molecule has 2 aromatic heterocycles. The Bertz CT molecular complexity index is 1400. The number of nitrogens with zero attached hydrogens (tertiary/aromatic N) is 7. The van der Waals surface area contributed by atoms with Crippen LogP contribution < -0.4 is 4.90 Å². The van der Waals surface area contributed by atoms with E-state index in [4.69, 9.17) is 4.98 Å². The molecule has 0 aliphatic carbocycles. The first-order valence-corrected chi connectivity index (χ1v) is 18.7. The molecular formula is C36H53N7S2. The number of benzene rings is 1. The minimum absolute atomic E-state index is 0.455. The maximum atomic E-state index is 9.80. The second kappa shape index (κ2) is 19.5. The molecule has 0 spiro atoms. The molecule has 0 fully saturated rings. The number of nitriles is 1. The summed E-state index contributed by atoms with van der Waals surface area (Å²) in [5.41, 5.74) is 4.59. The van der Waals surface area contributed by atoms with Crippen molar-refractivity contribution in [2.24, 2.45) is 32.3 Å². The van der Waals surface area contributed by atoms with Crippen LogP contribution in [0.2, 0.25) is 0 Å². The van der Waals surface area contributed by atoms with Gasteiger partial charge in [-0.2, -0.15) is 5.26 Å². The number of hydrogen-bond donors (Lipinski definition) is 0. The van der Waals surface area contributed by atoms with Crippen molar-refractivity contribution < 1.29 is 0 Å². The van der Waals surface area contributed by atoms with E-state index < -0.39 is 0 Å². The van der Waals surface area contributed by atoms with Gasteiger partial charge in [0.1, 0.15) is 11.1 Å². The fraction of sp³-hybridized carbons (Fsp3) is 0.611. The molecule has 2 unspecified atom stereocenters. The molecule has 0 saturated carbocycles. The molecule has 244 valence electrons. The molecule has 7 nitrogen and oxygen atoms in total. The first kappa shape index (κ1) is 36.5. The summed E-state index contributed by atoms with van der Waals surface area (Å²) in [5.74, 6) is 1.31. The summed E-state index contributed by atoms with van der Waals surface area (Å²) < 4.78 is 0. The molecule has 0 saturated heterocycles. The van der Waals surface area contributed by atoms with Gasteiger partial charge in [0.2, 0.25) is 0 Å². The van der Waals surface area contributed by atoms with Crippen LogP contribution in [-0.2, 0) is 6.42 Å². The monoisotopic (exact) mass is 647 g/mol. The zero-order valence-corrected chi connectivity index (χ0v) is 30.2. The van der Waals surface area contributed by atoms with E-state index in [1.807, 2.05) is 13.0 Å². The minimum atomic E-state index is 0.455. The summed E-state index contributed by atoms with van der Waals surface area (Å²) in [4.78, 5) is 7.52. The maximum absolute atomic E-state index is 9.80. The van der Waals surface area contributed by atoms with Crippen molar-refractivity contribution in [2.45, 2.75) is 119 Å². The van der Waals surface area contributed by atoms with Crippen LogP contribution in [-0.4, -0.2) is 18.1 Å². The van der Waals surface area contributed by atoms with Crippen molar-refractivity contribution in [3.05, 3.63) is 46.6 Å². The van der Waals surface area contributed by atoms with Gasteiger partial charge in [0, 0.05) is 13.1 Å².